The molecule has 0 amide bonds. The third kappa shape index (κ3) is 3.87. The van der Waals surface area contributed by atoms with Crippen molar-refractivity contribution in [3.63, 3.8) is 0 Å². The van der Waals surface area contributed by atoms with E-state index in [9.17, 15) is 8.42 Å². The molecule has 2 N–H and O–H groups in total. The summed E-state index contributed by atoms with van der Waals surface area (Å²) in [6.45, 7) is 4.32. The topological polar surface area (TPSA) is 87.2 Å². The van der Waals surface area contributed by atoms with E-state index in [-0.39, 0.29) is 12.1 Å². The molecule has 0 radical (unpaired) electrons. The maximum atomic E-state index is 11.5. The Morgan fingerprint density at radius 1 is 1.10 bits per heavy atom. The molecule has 1 atom stereocenters. The Labute approximate surface area is 179 Å². The first-order chi connectivity index (χ1) is 14.3. The molecule has 5 rings (SSSR count). The third-order valence-electron chi connectivity index (χ3n) is 7.29. The predicted molar refractivity (Wildman–Crippen MR) is 120 cm³/mol. The molecule has 0 bridgehead atoms. The second-order valence-electron chi connectivity index (χ2n) is 9.52. The van der Waals surface area contributed by atoms with Crippen molar-refractivity contribution in [1.29, 1.82) is 0 Å². The van der Waals surface area contributed by atoms with E-state index in [1.54, 1.807) is 0 Å². The van der Waals surface area contributed by atoms with Gasteiger partial charge in [-0.1, -0.05) is 13.0 Å². The molecule has 3 aliphatic carbocycles. The molecule has 162 valence electrons. The normalized spacial score (nSPS) is 29.8. The van der Waals surface area contributed by atoms with Crippen molar-refractivity contribution in [1.82, 2.24) is 14.7 Å². The summed E-state index contributed by atoms with van der Waals surface area (Å²) in [5.74, 6) is 1.63. The van der Waals surface area contributed by atoms with Gasteiger partial charge in [0.25, 0.3) is 0 Å². The molecule has 3 saturated carbocycles. The van der Waals surface area contributed by atoms with Crippen LogP contribution in [0.1, 0.15) is 63.4 Å². The fourth-order valence-electron chi connectivity index (χ4n) is 5.62. The third-order valence-corrected chi connectivity index (χ3v) is 8.05. The van der Waals surface area contributed by atoms with Gasteiger partial charge in [-0.2, -0.15) is 4.98 Å². The van der Waals surface area contributed by atoms with Crippen LogP contribution in [0, 0.1) is 5.41 Å². The van der Waals surface area contributed by atoms with Crippen LogP contribution in [0.3, 0.4) is 0 Å². The molecule has 4 aliphatic rings. The van der Waals surface area contributed by atoms with Gasteiger partial charge in [0.2, 0.25) is 16.0 Å². The first-order valence-corrected chi connectivity index (χ1v) is 13.0. The minimum absolute atomic E-state index is 0.0311. The summed E-state index contributed by atoms with van der Waals surface area (Å²) in [5.41, 5.74) is 2.55. The minimum Gasteiger partial charge on any atom is -0.351 e. The average molecular weight is 430 g/mol. The van der Waals surface area contributed by atoms with E-state index in [0.29, 0.717) is 17.4 Å². The van der Waals surface area contributed by atoms with Crippen molar-refractivity contribution in [2.75, 3.05) is 16.5 Å². The zero-order valence-corrected chi connectivity index (χ0v) is 18.4. The van der Waals surface area contributed by atoms with Crippen LogP contribution in [-0.4, -0.2) is 42.8 Å². The Bertz CT molecular complexity index is 977. The fraction of sp³-hybridized carbons (Fsp3) is 0.636. The van der Waals surface area contributed by atoms with Gasteiger partial charge in [-0.15, -0.1) is 0 Å². The number of nitrogens with one attached hydrogen (secondary N) is 2. The summed E-state index contributed by atoms with van der Waals surface area (Å²) >= 11 is 0. The number of anilines is 2. The lowest BCUT2D eigenvalue weighted by atomic mass is 9.92. The lowest BCUT2D eigenvalue weighted by Gasteiger charge is -2.37. The Balaban J connectivity index is 1.31. The Morgan fingerprint density at radius 2 is 1.83 bits per heavy atom. The first kappa shape index (κ1) is 20.0. The van der Waals surface area contributed by atoms with E-state index in [1.807, 2.05) is 6.20 Å². The van der Waals surface area contributed by atoms with Crippen LogP contribution in [-0.2, 0) is 10.0 Å². The monoisotopic (exact) mass is 429 g/mol. The van der Waals surface area contributed by atoms with Crippen molar-refractivity contribution in [3.05, 3.63) is 30.1 Å². The summed E-state index contributed by atoms with van der Waals surface area (Å²) in [7, 11) is -3.15. The van der Waals surface area contributed by atoms with Gasteiger partial charge in [0.15, 0.2) is 0 Å². The number of sulfonamides is 1. The number of nitrogens with zero attached hydrogens (tertiary/aromatic N) is 3. The number of aromatic nitrogens is 2. The summed E-state index contributed by atoms with van der Waals surface area (Å²) in [6, 6.07) is 0.787. The largest absolute Gasteiger partial charge is 0.351 e. The Morgan fingerprint density at radius 3 is 2.53 bits per heavy atom. The highest BCUT2D eigenvalue weighted by Crippen LogP contribution is 2.60. The second kappa shape index (κ2) is 7.34. The highest BCUT2D eigenvalue weighted by atomic mass is 32.2. The summed E-state index contributed by atoms with van der Waals surface area (Å²) in [6.07, 6.45) is 17.2. The maximum absolute atomic E-state index is 11.5. The number of hydrogen-bond donors (Lipinski definition) is 2. The van der Waals surface area contributed by atoms with E-state index in [1.165, 1.54) is 38.4 Å². The molecule has 30 heavy (non-hydrogen) atoms. The summed E-state index contributed by atoms with van der Waals surface area (Å²) in [4.78, 5) is 11.9. The van der Waals surface area contributed by atoms with Crippen LogP contribution < -0.4 is 14.9 Å². The highest BCUT2D eigenvalue weighted by Gasteiger charge is 2.55. The van der Waals surface area contributed by atoms with Crippen molar-refractivity contribution in [3.8, 4) is 0 Å². The zero-order chi connectivity index (χ0) is 20.9. The van der Waals surface area contributed by atoms with Crippen LogP contribution in [0.4, 0.5) is 11.8 Å². The Kier molecular flexibility index (Phi) is 4.89. The van der Waals surface area contributed by atoms with Crippen LogP contribution in [0.2, 0.25) is 0 Å². The van der Waals surface area contributed by atoms with Gasteiger partial charge in [0.05, 0.1) is 6.26 Å². The number of allylic oxidation sites excluding steroid dienone is 1. The van der Waals surface area contributed by atoms with Gasteiger partial charge in [0.1, 0.15) is 5.82 Å². The van der Waals surface area contributed by atoms with Gasteiger partial charge in [-0.05, 0) is 68.9 Å². The summed E-state index contributed by atoms with van der Waals surface area (Å²) in [5, 5.41) is 3.50. The molecule has 0 saturated heterocycles. The molecule has 1 aromatic heterocycles. The van der Waals surface area contributed by atoms with Gasteiger partial charge in [0, 0.05) is 35.6 Å². The molecule has 1 aromatic rings. The van der Waals surface area contributed by atoms with Gasteiger partial charge >= 0.3 is 0 Å². The molecule has 8 heteroatoms. The zero-order valence-electron chi connectivity index (χ0n) is 17.6. The van der Waals surface area contributed by atoms with E-state index < -0.39 is 10.0 Å². The standard InChI is InChI=1S/C22H31N5O2S/c1-15-5-6-16-14-23-21(24-17-7-9-18(10-8-17)26-30(2,28)29)25-20(16)27(15)19-4-3-11-22(19)12-13-22/h5-6,14,17-19,26H,1,3-4,7-13H2,2H3,(H,23,24,25)/t17?,18?,19-/m0/s1. The van der Waals surface area contributed by atoms with Crippen LogP contribution in [0.5, 0.6) is 0 Å². The highest BCUT2D eigenvalue weighted by molar-refractivity contribution is 7.88. The van der Waals surface area contributed by atoms with Crippen molar-refractivity contribution in [2.24, 2.45) is 5.41 Å². The van der Waals surface area contributed by atoms with Crippen molar-refractivity contribution < 1.29 is 8.42 Å². The van der Waals surface area contributed by atoms with E-state index in [4.69, 9.17) is 4.98 Å². The molecule has 1 spiro atoms. The second-order valence-corrected chi connectivity index (χ2v) is 11.3. The molecule has 3 fully saturated rings. The Hall–Kier alpha value is -1.93. The van der Waals surface area contributed by atoms with Crippen molar-refractivity contribution in [2.45, 2.75) is 75.9 Å². The molecule has 1 aliphatic heterocycles. The molecular formula is C22H31N5O2S. The lowest BCUT2D eigenvalue weighted by Crippen LogP contribution is -2.40. The van der Waals surface area contributed by atoms with E-state index >= 15 is 0 Å². The van der Waals surface area contributed by atoms with Gasteiger partial charge in [-0.3, -0.25) is 0 Å². The quantitative estimate of drug-likeness (QED) is 0.746. The van der Waals surface area contributed by atoms with Crippen LogP contribution in [0.25, 0.3) is 6.08 Å². The molecular weight excluding hydrogens is 398 g/mol. The van der Waals surface area contributed by atoms with Crippen molar-refractivity contribution >= 4 is 27.9 Å². The molecule has 0 aromatic carbocycles. The summed E-state index contributed by atoms with van der Waals surface area (Å²) < 4.78 is 25.6. The first-order valence-electron chi connectivity index (χ1n) is 11.1. The molecule has 0 unspecified atom stereocenters. The number of hydrogen-bond acceptors (Lipinski definition) is 6. The number of rotatable bonds is 5. The van der Waals surface area contributed by atoms with Gasteiger partial charge < -0.3 is 10.2 Å². The fourth-order valence-corrected chi connectivity index (χ4v) is 6.46. The molecule has 2 heterocycles. The maximum Gasteiger partial charge on any atom is 0.224 e. The SMILES string of the molecule is C=C1C=Cc2cnc(NC3CCC(NS(C)(=O)=O)CC3)nc2N1[C@H]1CCCC12CC2. The smallest absolute Gasteiger partial charge is 0.224 e. The van der Waals surface area contributed by atoms with Gasteiger partial charge in [-0.25, -0.2) is 18.1 Å². The number of fused-ring (bicyclic) bond motifs is 1. The van der Waals surface area contributed by atoms with E-state index in [2.05, 4.69) is 38.7 Å². The predicted octanol–water partition coefficient (Wildman–Crippen LogP) is 3.43. The van der Waals surface area contributed by atoms with Crippen LogP contribution >= 0.6 is 0 Å². The lowest BCUT2D eigenvalue weighted by molar-refractivity contribution is 0.387. The van der Waals surface area contributed by atoms with Crippen LogP contribution in [0.15, 0.2) is 24.5 Å². The van der Waals surface area contributed by atoms with E-state index in [0.717, 1.165) is 42.8 Å². The average Bonchev–Trinajstić information content (AvgIpc) is 3.35. The molecule has 7 nitrogen and oxygen atoms in total. The minimum atomic E-state index is -3.15.